The third-order valence-corrected chi connectivity index (χ3v) is 3.79. The van der Waals surface area contributed by atoms with Crippen LogP contribution in [0.2, 0.25) is 0 Å². The second-order valence-corrected chi connectivity index (χ2v) is 5.19. The summed E-state index contributed by atoms with van der Waals surface area (Å²) in [5, 5.41) is 21.2. The molecule has 0 spiro atoms. The summed E-state index contributed by atoms with van der Waals surface area (Å²) >= 11 is 0. The van der Waals surface area contributed by atoms with Gasteiger partial charge in [0, 0.05) is 11.8 Å². The van der Waals surface area contributed by atoms with Gasteiger partial charge in [-0.25, -0.2) is 0 Å². The van der Waals surface area contributed by atoms with Gasteiger partial charge in [-0.3, -0.25) is 14.5 Å². The minimum atomic E-state index is -0.454. The molecule has 0 radical (unpaired) electrons. The lowest BCUT2D eigenvalue weighted by Crippen LogP contribution is -2.34. The molecule has 1 aliphatic rings. The third kappa shape index (κ3) is 3.25. The summed E-state index contributed by atoms with van der Waals surface area (Å²) in [6, 6.07) is 5.88. The van der Waals surface area contributed by atoms with E-state index in [1.54, 1.807) is 0 Å². The van der Waals surface area contributed by atoms with E-state index in [-0.39, 0.29) is 18.8 Å². The third-order valence-electron chi connectivity index (χ3n) is 3.79. The Morgan fingerprint density at radius 3 is 2.30 bits per heavy atom. The molecule has 0 bridgehead atoms. The Bertz CT molecular complexity index is 691. The number of aliphatic hydroxyl groups is 1. The number of nitriles is 1. The van der Waals surface area contributed by atoms with Gasteiger partial charge in [-0.05, 0) is 36.1 Å². The average molecular weight is 313 g/mol. The van der Waals surface area contributed by atoms with Crippen LogP contribution in [-0.4, -0.2) is 35.0 Å². The number of benzene rings is 1. The molecule has 1 aliphatic heterocycles. The highest BCUT2D eigenvalue weighted by molar-refractivity contribution is 6.17. The predicted octanol–water partition coefficient (Wildman–Crippen LogP) is 1.34. The minimum Gasteiger partial charge on any atom is -0.395 e. The molecule has 0 saturated heterocycles. The smallest absolute Gasteiger partial charge is 0.277 e. The molecule has 1 heterocycles. The second kappa shape index (κ2) is 7.07. The highest BCUT2D eigenvalue weighted by Gasteiger charge is 2.30. The highest BCUT2D eigenvalue weighted by Crippen LogP contribution is 2.24. The number of aliphatic hydroxyl groups excluding tert-OH is 1. The van der Waals surface area contributed by atoms with Gasteiger partial charge >= 0.3 is 0 Å². The van der Waals surface area contributed by atoms with Crippen LogP contribution in [0.3, 0.4) is 0 Å². The fourth-order valence-corrected chi connectivity index (χ4v) is 2.61. The molecule has 2 rings (SSSR count). The minimum absolute atomic E-state index is 0.0207. The van der Waals surface area contributed by atoms with Crippen molar-refractivity contribution in [3.63, 3.8) is 0 Å². The van der Waals surface area contributed by atoms with Gasteiger partial charge < -0.3 is 10.4 Å². The molecular formula is C17H19N3O3. The summed E-state index contributed by atoms with van der Waals surface area (Å²) in [5.41, 5.74) is 3.33. The Morgan fingerprint density at radius 2 is 1.83 bits per heavy atom. The number of aryl methyl sites for hydroxylation is 2. The van der Waals surface area contributed by atoms with Crippen LogP contribution in [0.15, 0.2) is 23.9 Å². The van der Waals surface area contributed by atoms with E-state index in [0.29, 0.717) is 24.1 Å². The molecule has 1 aromatic rings. The number of hydrogen-bond donors (Lipinski definition) is 2. The molecule has 6 nitrogen and oxygen atoms in total. The summed E-state index contributed by atoms with van der Waals surface area (Å²) in [5.74, 6) is -0.892. The molecule has 2 amide bonds. The Labute approximate surface area is 135 Å². The van der Waals surface area contributed by atoms with Crippen LogP contribution in [0, 0.1) is 11.3 Å². The standard InChI is InChI=1S/C17H19N3O3/c1-3-11-7-13(8-12(4-2)14(11)10-18)19-15-9-16(22)20(5-6-21)17(15)23/h7-9,19,21H,3-6H2,1-2H3. The van der Waals surface area contributed by atoms with Gasteiger partial charge in [0.05, 0.1) is 24.8 Å². The van der Waals surface area contributed by atoms with Crippen molar-refractivity contribution in [2.45, 2.75) is 26.7 Å². The van der Waals surface area contributed by atoms with E-state index < -0.39 is 11.8 Å². The number of β-amino-alcohol motifs (C(OH)–C–C–N with tert-alkyl or cyclic N) is 1. The van der Waals surface area contributed by atoms with Gasteiger partial charge in [-0.1, -0.05) is 13.8 Å². The molecule has 0 aliphatic carbocycles. The van der Waals surface area contributed by atoms with Crippen molar-refractivity contribution >= 4 is 17.5 Å². The fourth-order valence-electron chi connectivity index (χ4n) is 2.61. The number of nitrogens with zero attached hydrogens (tertiary/aromatic N) is 2. The first kappa shape index (κ1) is 16.7. The maximum absolute atomic E-state index is 12.2. The Kier molecular flexibility index (Phi) is 5.14. The number of carbonyl (C=O) groups excluding carboxylic acids is 2. The predicted molar refractivity (Wildman–Crippen MR) is 85.4 cm³/mol. The topological polar surface area (TPSA) is 93.4 Å². The van der Waals surface area contributed by atoms with Crippen molar-refractivity contribution in [3.8, 4) is 6.07 Å². The van der Waals surface area contributed by atoms with Gasteiger partial charge in [-0.2, -0.15) is 5.26 Å². The molecule has 0 unspecified atom stereocenters. The first-order valence-electron chi connectivity index (χ1n) is 7.56. The van der Waals surface area contributed by atoms with Crippen molar-refractivity contribution in [1.82, 2.24) is 4.90 Å². The number of amides is 2. The number of carbonyl (C=O) groups is 2. The van der Waals surface area contributed by atoms with Crippen molar-refractivity contribution in [2.75, 3.05) is 18.5 Å². The van der Waals surface area contributed by atoms with Crippen molar-refractivity contribution in [2.24, 2.45) is 0 Å². The SMILES string of the molecule is CCc1cc(NC2=CC(=O)N(CCO)C2=O)cc(CC)c1C#N. The van der Waals surface area contributed by atoms with E-state index in [2.05, 4.69) is 11.4 Å². The van der Waals surface area contributed by atoms with Crippen molar-refractivity contribution < 1.29 is 14.7 Å². The van der Waals surface area contributed by atoms with Crippen LogP contribution in [0.4, 0.5) is 5.69 Å². The summed E-state index contributed by atoms with van der Waals surface area (Å²) in [6.07, 6.45) is 2.63. The van der Waals surface area contributed by atoms with Crippen molar-refractivity contribution in [3.05, 3.63) is 40.6 Å². The molecule has 120 valence electrons. The average Bonchev–Trinajstić information content (AvgIpc) is 2.81. The van der Waals surface area contributed by atoms with Gasteiger partial charge in [0.1, 0.15) is 5.70 Å². The number of imide groups is 1. The zero-order valence-corrected chi connectivity index (χ0v) is 13.2. The largest absolute Gasteiger partial charge is 0.395 e. The zero-order chi connectivity index (χ0) is 17.0. The Balaban J connectivity index is 2.31. The molecule has 23 heavy (non-hydrogen) atoms. The number of rotatable bonds is 6. The Hall–Kier alpha value is -2.65. The zero-order valence-electron chi connectivity index (χ0n) is 13.2. The van der Waals surface area contributed by atoms with Crippen LogP contribution < -0.4 is 5.32 Å². The van der Waals surface area contributed by atoms with Crippen LogP contribution >= 0.6 is 0 Å². The van der Waals surface area contributed by atoms with E-state index in [0.717, 1.165) is 16.0 Å². The van der Waals surface area contributed by atoms with Crippen LogP contribution in [0.25, 0.3) is 0 Å². The summed E-state index contributed by atoms with van der Waals surface area (Å²) in [4.78, 5) is 24.9. The van der Waals surface area contributed by atoms with E-state index in [1.807, 2.05) is 26.0 Å². The lowest BCUT2D eigenvalue weighted by molar-refractivity contribution is -0.137. The molecule has 1 aromatic carbocycles. The summed E-state index contributed by atoms with van der Waals surface area (Å²) < 4.78 is 0. The lowest BCUT2D eigenvalue weighted by Gasteiger charge is -2.15. The van der Waals surface area contributed by atoms with Gasteiger partial charge in [0.15, 0.2) is 0 Å². The quantitative estimate of drug-likeness (QED) is 0.773. The first-order valence-corrected chi connectivity index (χ1v) is 7.56. The monoisotopic (exact) mass is 313 g/mol. The number of anilines is 1. The van der Waals surface area contributed by atoms with Crippen LogP contribution in [-0.2, 0) is 22.4 Å². The van der Waals surface area contributed by atoms with Crippen LogP contribution in [0.1, 0.15) is 30.5 Å². The van der Waals surface area contributed by atoms with Gasteiger partial charge in [-0.15, -0.1) is 0 Å². The Morgan fingerprint density at radius 1 is 1.22 bits per heavy atom. The van der Waals surface area contributed by atoms with Gasteiger partial charge in [0.25, 0.3) is 11.8 Å². The number of nitrogens with one attached hydrogen (secondary N) is 1. The molecule has 0 fully saturated rings. The number of hydrogen-bond acceptors (Lipinski definition) is 5. The highest BCUT2D eigenvalue weighted by atomic mass is 16.3. The normalized spacial score (nSPS) is 14.0. The van der Waals surface area contributed by atoms with E-state index in [9.17, 15) is 14.9 Å². The first-order chi connectivity index (χ1) is 11.0. The maximum Gasteiger partial charge on any atom is 0.277 e. The van der Waals surface area contributed by atoms with Gasteiger partial charge in [0.2, 0.25) is 0 Å². The second-order valence-electron chi connectivity index (χ2n) is 5.19. The summed E-state index contributed by atoms with van der Waals surface area (Å²) in [7, 11) is 0. The molecule has 6 heteroatoms. The van der Waals surface area contributed by atoms with E-state index in [1.165, 1.54) is 6.08 Å². The fraction of sp³-hybridized carbons (Fsp3) is 0.353. The molecule has 0 aromatic heterocycles. The molecule has 2 N–H and O–H groups in total. The maximum atomic E-state index is 12.2. The van der Waals surface area contributed by atoms with E-state index >= 15 is 0 Å². The molecular weight excluding hydrogens is 294 g/mol. The lowest BCUT2D eigenvalue weighted by atomic mass is 9.97. The van der Waals surface area contributed by atoms with Crippen molar-refractivity contribution in [1.29, 1.82) is 5.26 Å². The summed E-state index contributed by atoms with van der Waals surface area (Å²) in [6.45, 7) is 3.64. The van der Waals surface area contributed by atoms with E-state index in [4.69, 9.17) is 5.11 Å². The molecule has 0 atom stereocenters. The van der Waals surface area contributed by atoms with Crippen LogP contribution in [0.5, 0.6) is 0 Å². The molecule has 0 saturated carbocycles.